The van der Waals surface area contributed by atoms with Crippen molar-refractivity contribution in [3.63, 3.8) is 0 Å². The Bertz CT molecular complexity index is 517. The first-order valence-corrected chi connectivity index (χ1v) is 5.79. The molecule has 96 valence electrons. The molecule has 0 amide bonds. The van der Waals surface area contributed by atoms with E-state index in [4.69, 9.17) is 0 Å². The van der Waals surface area contributed by atoms with Crippen LogP contribution in [-0.2, 0) is 6.54 Å². The first-order chi connectivity index (χ1) is 8.63. The second-order valence-corrected chi connectivity index (χ2v) is 4.05. The van der Waals surface area contributed by atoms with Crippen LogP contribution in [0.25, 0.3) is 0 Å². The van der Waals surface area contributed by atoms with Gasteiger partial charge >= 0.3 is 0 Å². The van der Waals surface area contributed by atoms with Crippen molar-refractivity contribution >= 4 is 0 Å². The monoisotopic (exact) mass is 251 g/mol. The van der Waals surface area contributed by atoms with Crippen LogP contribution >= 0.6 is 0 Å². The first-order valence-electron chi connectivity index (χ1n) is 5.79. The highest BCUT2D eigenvalue weighted by Gasteiger charge is 2.15. The third kappa shape index (κ3) is 2.56. The van der Waals surface area contributed by atoms with E-state index in [9.17, 15) is 8.78 Å². The number of halogens is 2. The molecule has 3 nitrogen and oxygen atoms in total. The SMILES string of the molecule is CCn1cc(C(NC)c2cc(F)cc(F)c2)cn1. The molecule has 0 fully saturated rings. The molecule has 0 bridgehead atoms. The smallest absolute Gasteiger partial charge is 0.126 e. The molecule has 1 N–H and O–H groups in total. The van der Waals surface area contributed by atoms with E-state index in [1.807, 2.05) is 13.1 Å². The molecule has 0 saturated carbocycles. The Balaban J connectivity index is 2.38. The van der Waals surface area contributed by atoms with Gasteiger partial charge in [0.1, 0.15) is 11.6 Å². The molecule has 1 heterocycles. The van der Waals surface area contributed by atoms with Gasteiger partial charge in [-0.25, -0.2) is 8.78 Å². The minimum Gasteiger partial charge on any atom is -0.309 e. The standard InChI is InChI=1S/C13H15F2N3/c1-3-18-8-10(7-17-18)13(16-2)9-4-11(14)6-12(15)5-9/h4-8,13,16H,3H2,1-2H3. The van der Waals surface area contributed by atoms with E-state index < -0.39 is 11.6 Å². The van der Waals surface area contributed by atoms with Crippen LogP contribution in [0.3, 0.4) is 0 Å². The van der Waals surface area contributed by atoms with Crippen molar-refractivity contribution in [1.82, 2.24) is 15.1 Å². The summed E-state index contributed by atoms with van der Waals surface area (Å²) in [5.41, 5.74) is 1.43. The number of hydrogen-bond donors (Lipinski definition) is 1. The van der Waals surface area contributed by atoms with Gasteiger partial charge in [-0.1, -0.05) is 0 Å². The van der Waals surface area contributed by atoms with Crippen LogP contribution in [-0.4, -0.2) is 16.8 Å². The highest BCUT2D eigenvalue weighted by atomic mass is 19.1. The van der Waals surface area contributed by atoms with Gasteiger partial charge in [0.2, 0.25) is 0 Å². The van der Waals surface area contributed by atoms with Gasteiger partial charge in [0.25, 0.3) is 0 Å². The molecule has 0 aliphatic heterocycles. The molecule has 0 aliphatic rings. The zero-order valence-electron chi connectivity index (χ0n) is 10.3. The van der Waals surface area contributed by atoms with Crippen LogP contribution in [0.4, 0.5) is 8.78 Å². The maximum absolute atomic E-state index is 13.2. The number of aryl methyl sites for hydroxylation is 1. The van der Waals surface area contributed by atoms with Gasteiger partial charge in [-0.2, -0.15) is 5.10 Å². The van der Waals surface area contributed by atoms with E-state index >= 15 is 0 Å². The Kier molecular flexibility index (Phi) is 3.72. The summed E-state index contributed by atoms with van der Waals surface area (Å²) in [6, 6.07) is 3.25. The van der Waals surface area contributed by atoms with Gasteiger partial charge in [-0.15, -0.1) is 0 Å². The van der Waals surface area contributed by atoms with Crippen LogP contribution < -0.4 is 5.32 Å². The van der Waals surface area contributed by atoms with Gasteiger partial charge in [0, 0.05) is 24.4 Å². The maximum Gasteiger partial charge on any atom is 0.126 e. The summed E-state index contributed by atoms with van der Waals surface area (Å²) in [5.74, 6) is -1.15. The molecule has 0 aliphatic carbocycles. The lowest BCUT2D eigenvalue weighted by atomic mass is 10.0. The summed E-state index contributed by atoms with van der Waals surface area (Å²) in [4.78, 5) is 0. The number of benzene rings is 1. The molecule has 5 heteroatoms. The Morgan fingerprint density at radius 2 is 1.89 bits per heavy atom. The van der Waals surface area contributed by atoms with Crippen LogP contribution in [0.1, 0.15) is 24.1 Å². The molecular formula is C13H15F2N3. The lowest BCUT2D eigenvalue weighted by molar-refractivity contribution is 0.571. The van der Waals surface area contributed by atoms with Crippen molar-refractivity contribution in [3.8, 4) is 0 Å². The van der Waals surface area contributed by atoms with E-state index in [0.29, 0.717) is 5.56 Å². The predicted molar refractivity (Wildman–Crippen MR) is 65.2 cm³/mol. The second kappa shape index (κ2) is 5.27. The molecule has 1 aromatic carbocycles. The number of nitrogens with zero attached hydrogens (tertiary/aromatic N) is 2. The van der Waals surface area contributed by atoms with Crippen LogP contribution in [0.2, 0.25) is 0 Å². The van der Waals surface area contributed by atoms with E-state index in [2.05, 4.69) is 10.4 Å². The van der Waals surface area contributed by atoms with Crippen molar-refractivity contribution in [3.05, 3.63) is 53.4 Å². The molecule has 1 unspecified atom stereocenters. The summed E-state index contributed by atoms with van der Waals surface area (Å²) in [6.45, 7) is 2.74. The first kappa shape index (κ1) is 12.7. The van der Waals surface area contributed by atoms with Crippen molar-refractivity contribution < 1.29 is 8.78 Å². The number of aromatic nitrogens is 2. The maximum atomic E-state index is 13.2. The van der Waals surface area contributed by atoms with Gasteiger partial charge in [0.05, 0.1) is 12.2 Å². The van der Waals surface area contributed by atoms with Crippen molar-refractivity contribution in [2.45, 2.75) is 19.5 Å². The third-order valence-electron chi connectivity index (χ3n) is 2.82. The van der Waals surface area contributed by atoms with E-state index in [1.54, 1.807) is 17.9 Å². The normalized spacial score (nSPS) is 12.7. The average Bonchev–Trinajstić information content (AvgIpc) is 2.77. The lowest BCUT2D eigenvalue weighted by Crippen LogP contribution is -2.17. The molecule has 0 radical (unpaired) electrons. The van der Waals surface area contributed by atoms with Gasteiger partial charge in [0.15, 0.2) is 0 Å². The Labute approximate surface area is 104 Å². The molecule has 2 rings (SSSR count). The fourth-order valence-electron chi connectivity index (χ4n) is 1.97. The van der Waals surface area contributed by atoms with E-state index in [0.717, 1.165) is 18.2 Å². The highest BCUT2D eigenvalue weighted by molar-refractivity contribution is 5.30. The zero-order valence-corrected chi connectivity index (χ0v) is 10.3. The van der Waals surface area contributed by atoms with Gasteiger partial charge in [-0.3, -0.25) is 4.68 Å². The second-order valence-electron chi connectivity index (χ2n) is 4.05. The molecule has 1 atom stereocenters. The minimum absolute atomic E-state index is 0.268. The largest absolute Gasteiger partial charge is 0.309 e. The topological polar surface area (TPSA) is 29.9 Å². The summed E-state index contributed by atoms with van der Waals surface area (Å²) in [5, 5.41) is 7.20. The number of nitrogens with one attached hydrogen (secondary N) is 1. The van der Waals surface area contributed by atoms with E-state index in [1.165, 1.54) is 12.1 Å². The Morgan fingerprint density at radius 3 is 2.39 bits per heavy atom. The Hall–Kier alpha value is -1.75. The van der Waals surface area contributed by atoms with Crippen molar-refractivity contribution in [2.24, 2.45) is 0 Å². The third-order valence-corrected chi connectivity index (χ3v) is 2.82. The summed E-state index contributed by atoms with van der Waals surface area (Å²) < 4.78 is 28.2. The fourth-order valence-corrected chi connectivity index (χ4v) is 1.97. The average molecular weight is 251 g/mol. The summed E-state index contributed by atoms with van der Waals surface area (Å²) >= 11 is 0. The van der Waals surface area contributed by atoms with Crippen molar-refractivity contribution in [1.29, 1.82) is 0 Å². The lowest BCUT2D eigenvalue weighted by Gasteiger charge is -2.15. The fraction of sp³-hybridized carbons (Fsp3) is 0.308. The zero-order chi connectivity index (χ0) is 13.1. The molecular weight excluding hydrogens is 236 g/mol. The minimum atomic E-state index is -0.576. The number of hydrogen-bond acceptors (Lipinski definition) is 2. The van der Waals surface area contributed by atoms with Crippen molar-refractivity contribution in [2.75, 3.05) is 7.05 Å². The van der Waals surface area contributed by atoms with Crippen LogP contribution in [0, 0.1) is 11.6 Å². The van der Waals surface area contributed by atoms with Crippen LogP contribution in [0.5, 0.6) is 0 Å². The molecule has 2 aromatic rings. The molecule has 0 saturated heterocycles. The number of rotatable bonds is 4. The van der Waals surface area contributed by atoms with Gasteiger partial charge in [-0.05, 0) is 31.7 Å². The summed E-state index contributed by atoms with van der Waals surface area (Å²) in [6.07, 6.45) is 3.57. The van der Waals surface area contributed by atoms with Crippen LogP contribution in [0.15, 0.2) is 30.6 Å². The highest BCUT2D eigenvalue weighted by Crippen LogP contribution is 2.22. The predicted octanol–water partition coefficient (Wildman–Crippen LogP) is 2.49. The molecule has 18 heavy (non-hydrogen) atoms. The molecule has 0 spiro atoms. The van der Waals surface area contributed by atoms with E-state index in [-0.39, 0.29) is 6.04 Å². The van der Waals surface area contributed by atoms with Gasteiger partial charge < -0.3 is 5.32 Å². The summed E-state index contributed by atoms with van der Waals surface area (Å²) in [7, 11) is 1.75. The molecule has 1 aromatic heterocycles. The Morgan fingerprint density at radius 1 is 1.22 bits per heavy atom. The quantitative estimate of drug-likeness (QED) is 0.904.